The number of carbonyl (C=O) groups is 1. The molecule has 2 heterocycles. The second kappa shape index (κ2) is 5.07. The quantitative estimate of drug-likeness (QED) is 0.663. The Kier molecular flexibility index (Phi) is 3.50. The van der Waals surface area contributed by atoms with Gasteiger partial charge in [0.25, 0.3) is 0 Å². The molecule has 0 spiro atoms. The van der Waals surface area contributed by atoms with Gasteiger partial charge < -0.3 is 5.32 Å². The lowest BCUT2D eigenvalue weighted by atomic mass is 10.3. The van der Waals surface area contributed by atoms with E-state index >= 15 is 0 Å². The number of carbonyl (C=O) groups excluding carboxylic acids is 1. The number of halogens is 1. The van der Waals surface area contributed by atoms with Gasteiger partial charge in [0.05, 0.1) is 0 Å². The fourth-order valence-corrected chi connectivity index (χ4v) is 1.61. The first-order chi connectivity index (χ1) is 8.63. The third-order valence-electron chi connectivity index (χ3n) is 2.53. The van der Waals surface area contributed by atoms with E-state index in [4.69, 9.17) is 0 Å². The molecule has 0 amide bonds. The third-order valence-corrected chi connectivity index (χ3v) is 2.53. The number of nitrogens with one attached hydrogen (secondary N) is 1. The molecular weight excluding hydrogens is 237 g/mol. The normalized spacial score (nSPS) is 10.8. The number of imidazole rings is 1. The maximum atomic E-state index is 13.3. The van der Waals surface area contributed by atoms with E-state index in [1.807, 2.05) is 0 Å². The van der Waals surface area contributed by atoms with Crippen LogP contribution in [0, 0.1) is 6.08 Å². The van der Waals surface area contributed by atoms with Gasteiger partial charge in [-0.15, -0.1) is 0 Å². The minimum absolute atomic E-state index is 0.189. The monoisotopic (exact) mass is 251 g/mol. The highest BCUT2D eigenvalue weighted by molar-refractivity contribution is 5.91. The maximum Gasteiger partial charge on any atom is 0.312 e. The van der Waals surface area contributed by atoms with Crippen molar-refractivity contribution in [1.29, 1.82) is 0 Å². The Hall–Kier alpha value is -2.05. The minimum atomic E-state index is -0.871. The molecule has 1 N–H and O–H groups in total. The molecule has 96 valence electrons. The Labute approximate surface area is 103 Å². The van der Waals surface area contributed by atoms with Gasteiger partial charge >= 0.3 is 6.08 Å². The van der Waals surface area contributed by atoms with Gasteiger partial charge in [0, 0.05) is 13.5 Å². The molecule has 2 rings (SSSR count). The van der Waals surface area contributed by atoms with Crippen LogP contribution in [0.25, 0.3) is 11.2 Å². The summed E-state index contributed by atoms with van der Waals surface area (Å²) in [4.78, 5) is 22.6. The van der Waals surface area contributed by atoms with Gasteiger partial charge in [-0.25, -0.2) is 4.98 Å². The van der Waals surface area contributed by atoms with Gasteiger partial charge in [-0.2, -0.15) is 14.4 Å². The maximum absolute atomic E-state index is 13.3. The Bertz CT molecular complexity index is 580. The number of anilines is 1. The molecule has 0 bridgehead atoms. The molecule has 0 fully saturated rings. The Morgan fingerprint density at radius 3 is 2.94 bits per heavy atom. The van der Waals surface area contributed by atoms with Crippen LogP contribution in [0.2, 0.25) is 0 Å². The molecule has 0 aliphatic rings. The predicted molar refractivity (Wildman–Crippen MR) is 65.0 cm³/mol. The van der Waals surface area contributed by atoms with Gasteiger partial charge in [-0.05, 0) is 6.42 Å². The number of unbranched alkanes of at least 4 members (excludes halogenated alkanes) is 1. The van der Waals surface area contributed by atoms with E-state index in [0.29, 0.717) is 17.9 Å². The highest BCUT2D eigenvalue weighted by Crippen LogP contribution is 2.18. The van der Waals surface area contributed by atoms with Crippen LogP contribution in [0.1, 0.15) is 31.5 Å². The van der Waals surface area contributed by atoms with Crippen LogP contribution in [-0.2, 0) is 0 Å². The van der Waals surface area contributed by atoms with Crippen LogP contribution >= 0.6 is 0 Å². The third kappa shape index (κ3) is 2.29. The van der Waals surface area contributed by atoms with E-state index in [9.17, 15) is 9.18 Å². The van der Waals surface area contributed by atoms with Crippen molar-refractivity contribution in [2.45, 2.75) is 26.7 Å². The van der Waals surface area contributed by atoms with Gasteiger partial charge in [-0.1, -0.05) is 13.3 Å². The Morgan fingerprint density at radius 2 is 2.28 bits per heavy atom. The standard InChI is InChI=1S/C11H14FN5O/c1-3-4-5-13-9-8-10(16-11(12)15-9)17(6-14-8)7(2)18/h6H,3-5H2,1-2H3,(H,13,15,16). The second-order valence-electron chi connectivity index (χ2n) is 3.93. The summed E-state index contributed by atoms with van der Waals surface area (Å²) in [7, 11) is 0. The molecule has 0 unspecified atom stereocenters. The highest BCUT2D eigenvalue weighted by Gasteiger charge is 2.14. The summed E-state index contributed by atoms with van der Waals surface area (Å²) in [5.74, 6) is 0.0565. The zero-order valence-corrected chi connectivity index (χ0v) is 10.3. The SMILES string of the molecule is CCCCNc1nc(F)nc2c1ncn2C(C)=O. The average molecular weight is 251 g/mol. The number of hydrogen-bond donors (Lipinski definition) is 1. The van der Waals surface area contributed by atoms with E-state index in [0.717, 1.165) is 12.8 Å². The van der Waals surface area contributed by atoms with Crippen LogP contribution in [-0.4, -0.2) is 32.0 Å². The highest BCUT2D eigenvalue weighted by atomic mass is 19.1. The van der Waals surface area contributed by atoms with Crippen LogP contribution < -0.4 is 5.32 Å². The largest absolute Gasteiger partial charge is 0.368 e. The molecule has 2 aromatic heterocycles. The molecule has 18 heavy (non-hydrogen) atoms. The van der Waals surface area contributed by atoms with Crippen LogP contribution in [0.5, 0.6) is 0 Å². The number of aromatic nitrogens is 4. The second-order valence-corrected chi connectivity index (χ2v) is 3.93. The van der Waals surface area contributed by atoms with Gasteiger partial charge in [0.1, 0.15) is 6.33 Å². The molecule has 6 nitrogen and oxygen atoms in total. The van der Waals surface area contributed by atoms with Crippen molar-refractivity contribution in [3.05, 3.63) is 12.4 Å². The van der Waals surface area contributed by atoms with Crippen LogP contribution in [0.15, 0.2) is 6.33 Å². The van der Waals surface area contributed by atoms with E-state index in [2.05, 4.69) is 27.2 Å². The Balaban J connectivity index is 2.43. The van der Waals surface area contributed by atoms with E-state index in [1.165, 1.54) is 17.8 Å². The van der Waals surface area contributed by atoms with Crippen molar-refractivity contribution in [1.82, 2.24) is 19.5 Å². The number of nitrogens with zero attached hydrogens (tertiary/aromatic N) is 4. The van der Waals surface area contributed by atoms with E-state index in [1.54, 1.807) is 0 Å². The topological polar surface area (TPSA) is 72.7 Å². The molecule has 0 radical (unpaired) electrons. The summed E-state index contributed by atoms with van der Waals surface area (Å²) >= 11 is 0. The molecule has 0 aliphatic heterocycles. The summed E-state index contributed by atoms with van der Waals surface area (Å²) in [6, 6.07) is 0. The van der Waals surface area contributed by atoms with Crippen molar-refractivity contribution in [3.63, 3.8) is 0 Å². The summed E-state index contributed by atoms with van der Waals surface area (Å²) < 4.78 is 14.5. The van der Waals surface area contributed by atoms with Crippen LogP contribution in [0.3, 0.4) is 0 Å². The molecule has 7 heteroatoms. The number of fused-ring (bicyclic) bond motifs is 1. The molecule has 2 aromatic rings. The first kappa shape index (κ1) is 12.4. The zero-order valence-electron chi connectivity index (χ0n) is 10.3. The molecule has 0 aromatic carbocycles. The molecule has 0 saturated heterocycles. The predicted octanol–water partition coefficient (Wildman–Crippen LogP) is 1.84. The summed E-state index contributed by atoms with van der Waals surface area (Å²) in [5.41, 5.74) is 0.594. The summed E-state index contributed by atoms with van der Waals surface area (Å²) in [6.07, 6.45) is 2.42. The van der Waals surface area contributed by atoms with Gasteiger partial charge in [-0.3, -0.25) is 9.36 Å². The van der Waals surface area contributed by atoms with E-state index < -0.39 is 6.08 Å². The summed E-state index contributed by atoms with van der Waals surface area (Å²) in [5, 5.41) is 3.00. The Morgan fingerprint density at radius 1 is 1.50 bits per heavy atom. The van der Waals surface area contributed by atoms with Crippen molar-refractivity contribution >= 4 is 22.9 Å². The number of rotatable bonds is 4. The lowest BCUT2D eigenvalue weighted by Crippen LogP contribution is -2.08. The fourth-order valence-electron chi connectivity index (χ4n) is 1.61. The number of hydrogen-bond acceptors (Lipinski definition) is 5. The minimum Gasteiger partial charge on any atom is -0.368 e. The molecule has 0 saturated carbocycles. The smallest absolute Gasteiger partial charge is 0.312 e. The first-order valence-corrected chi connectivity index (χ1v) is 5.79. The lowest BCUT2D eigenvalue weighted by molar-refractivity contribution is 0.0940. The van der Waals surface area contributed by atoms with E-state index in [-0.39, 0.29) is 11.6 Å². The van der Waals surface area contributed by atoms with Crippen molar-refractivity contribution < 1.29 is 9.18 Å². The van der Waals surface area contributed by atoms with Crippen molar-refractivity contribution in [3.8, 4) is 0 Å². The van der Waals surface area contributed by atoms with Crippen LogP contribution in [0.4, 0.5) is 10.2 Å². The molecular formula is C11H14FN5O. The first-order valence-electron chi connectivity index (χ1n) is 5.79. The summed E-state index contributed by atoms with van der Waals surface area (Å²) in [6.45, 7) is 4.10. The fraction of sp³-hybridized carbons (Fsp3) is 0.455. The average Bonchev–Trinajstić information content (AvgIpc) is 2.72. The lowest BCUT2D eigenvalue weighted by Gasteiger charge is -2.05. The molecule has 0 aliphatic carbocycles. The van der Waals surface area contributed by atoms with Crippen molar-refractivity contribution in [2.75, 3.05) is 11.9 Å². The van der Waals surface area contributed by atoms with Gasteiger partial charge in [0.15, 0.2) is 17.0 Å². The molecule has 0 atom stereocenters. The zero-order chi connectivity index (χ0) is 13.1. The van der Waals surface area contributed by atoms with Gasteiger partial charge in [0.2, 0.25) is 5.91 Å². The van der Waals surface area contributed by atoms with Crippen molar-refractivity contribution in [2.24, 2.45) is 0 Å².